The van der Waals surface area contributed by atoms with Gasteiger partial charge in [-0.1, -0.05) is 47.0 Å². The molecule has 0 unspecified atom stereocenters. The minimum Gasteiger partial charge on any atom is -0.353 e. The third kappa shape index (κ3) is 6.42. The molecule has 1 aliphatic carbocycles. The zero-order valence-corrected chi connectivity index (χ0v) is 13.3. The Kier molecular flexibility index (Phi) is 8.30. The van der Waals surface area contributed by atoms with E-state index in [9.17, 15) is 4.79 Å². The van der Waals surface area contributed by atoms with E-state index in [1.54, 1.807) is 0 Å². The molecule has 1 aliphatic rings. The van der Waals surface area contributed by atoms with Crippen molar-refractivity contribution in [3.05, 3.63) is 0 Å². The molecule has 0 atom stereocenters. The van der Waals surface area contributed by atoms with Gasteiger partial charge in [0.15, 0.2) is 0 Å². The Morgan fingerprint density at radius 1 is 1.11 bits per heavy atom. The van der Waals surface area contributed by atoms with Gasteiger partial charge in [-0.3, -0.25) is 4.79 Å². The minimum absolute atomic E-state index is 0.0290. The summed E-state index contributed by atoms with van der Waals surface area (Å²) in [7, 11) is 0. The molecule has 18 heavy (non-hydrogen) atoms. The van der Waals surface area contributed by atoms with E-state index in [1.807, 2.05) is 27.7 Å². The molecule has 1 rings (SSSR count). The van der Waals surface area contributed by atoms with E-state index < -0.39 is 0 Å². The van der Waals surface area contributed by atoms with Gasteiger partial charge in [-0.25, -0.2) is 0 Å². The van der Waals surface area contributed by atoms with Gasteiger partial charge >= 0.3 is 0 Å². The predicted octanol–water partition coefficient (Wildman–Crippen LogP) is 4.53. The van der Waals surface area contributed by atoms with Crippen LogP contribution in [0.25, 0.3) is 0 Å². The average molecular weight is 255 g/mol. The van der Waals surface area contributed by atoms with Crippen molar-refractivity contribution in [3.63, 3.8) is 0 Å². The molecule has 1 amide bonds. The Hall–Kier alpha value is -0.530. The summed E-state index contributed by atoms with van der Waals surface area (Å²) in [6.07, 6.45) is 7.08. The minimum atomic E-state index is 0.0290. The lowest BCUT2D eigenvalue weighted by Crippen LogP contribution is -2.36. The fourth-order valence-electron chi connectivity index (χ4n) is 2.17. The molecule has 0 spiro atoms. The van der Waals surface area contributed by atoms with Crippen molar-refractivity contribution in [2.75, 3.05) is 0 Å². The molecule has 2 heteroatoms. The van der Waals surface area contributed by atoms with Crippen LogP contribution >= 0.6 is 0 Å². The molecule has 1 fully saturated rings. The first-order valence-corrected chi connectivity index (χ1v) is 7.77. The number of hydrogen-bond acceptors (Lipinski definition) is 1. The number of amides is 1. The van der Waals surface area contributed by atoms with Gasteiger partial charge in [0.2, 0.25) is 5.91 Å². The van der Waals surface area contributed by atoms with Crippen LogP contribution in [0.1, 0.15) is 80.1 Å². The summed E-state index contributed by atoms with van der Waals surface area (Å²) in [6.45, 7) is 12.6. The summed E-state index contributed by atoms with van der Waals surface area (Å²) in [5.74, 6) is 1.09. The lowest BCUT2D eigenvalue weighted by molar-refractivity contribution is -0.127. The van der Waals surface area contributed by atoms with E-state index in [-0.39, 0.29) is 11.5 Å². The van der Waals surface area contributed by atoms with Crippen molar-refractivity contribution in [1.29, 1.82) is 0 Å². The third-order valence-electron chi connectivity index (χ3n) is 3.44. The van der Waals surface area contributed by atoms with Gasteiger partial charge < -0.3 is 5.32 Å². The maximum Gasteiger partial charge on any atom is 0.226 e. The second-order valence-electron chi connectivity index (χ2n) is 6.05. The normalized spacial score (nSPS) is 16.2. The molecule has 1 saturated carbocycles. The topological polar surface area (TPSA) is 29.1 Å². The molecule has 0 radical (unpaired) electrons. The molecule has 0 aromatic carbocycles. The van der Waals surface area contributed by atoms with Gasteiger partial charge in [-0.05, 0) is 39.0 Å². The highest BCUT2D eigenvalue weighted by atomic mass is 16.2. The van der Waals surface area contributed by atoms with Crippen LogP contribution in [0.3, 0.4) is 0 Å². The molecule has 0 aliphatic heterocycles. The molecule has 0 aromatic rings. The molecule has 0 heterocycles. The first-order valence-electron chi connectivity index (χ1n) is 7.77. The largest absolute Gasteiger partial charge is 0.353 e. The van der Waals surface area contributed by atoms with E-state index >= 15 is 0 Å². The first kappa shape index (κ1) is 17.5. The standard InChI is InChI=1S/C14H27NO.C2H6/c1-11(2)7-5-6-8-14(9-10-14)13(16)15-12(3)4;1-2/h11-12H,5-10H2,1-4H3,(H,15,16);1-2H3. The number of hydrogen-bond donors (Lipinski definition) is 1. The highest BCUT2D eigenvalue weighted by Crippen LogP contribution is 2.50. The molecule has 0 saturated heterocycles. The number of rotatable bonds is 7. The Morgan fingerprint density at radius 3 is 2.06 bits per heavy atom. The fraction of sp³-hybridized carbons (Fsp3) is 0.938. The van der Waals surface area contributed by atoms with Gasteiger partial charge in [0, 0.05) is 11.5 Å². The quantitative estimate of drug-likeness (QED) is 0.665. The highest BCUT2D eigenvalue weighted by molar-refractivity contribution is 5.85. The Labute approximate surface area is 114 Å². The second kappa shape index (κ2) is 8.55. The van der Waals surface area contributed by atoms with Crippen LogP contribution in [0.5, 0.6) is 0 Å². The monoisotopic (exact) mass is 255 g/mol. The SMILES string of the molecule is CC.CC(C)CCCCC1(C(=O)NC(C)C)CC1. The van der Waals surface area contributed by atoms with Crippen LogP contribution in [0.2, 0.25) is 0 Å². The van der Waals surface area contributed by atoms with Gasteiger partial charge in [0.25, 0.3) is 0 Å². The van der Waals surface area contributed by atoms with E-state index in [4.69, 9.17) is 0 Å². The molecule has 0 bridgehead atoms. The predicted molar refractivity (Wildman–Crippen MR) is 79.6 cm³/mol. The third-order valence-corrected chi connectivity index (χ3v) is 3.44. The van der Waals surface area contributed by atoms with Crippen molar-refractivity contribution >= 4 is 5.91 Å². The lowest BCUT2D eigenvalue weighted by atomic mass is 9.95. The van der Waals surface area contributed by atoms with Gasteiger partial charge in [0.1, 0.15) is 0 Å². The van der Waals surface area contributed by atoms with Crippen LogP contribution < -0.4 is 5.32 Å². The van der Waals surface area contributed by atoms with Crippen LogP contribution in [-0.2, 0) is 4.79 Å². The summed E-state index contributed by atoms with van der Waals surface area (Å²) < 4.78 is 0. The van der Waals surface area contributed by atoms with E-state index in [2.05, 4.69) is 19.2 Å². The molecule has 1 N–H and O–H groups in total. The van der Waals surface area contributed by atoms with Crippen LogP contribution in [0, 0.1) is 11.3 Å². The maximum atomic E-state index is 12.0. The zero-order chi connectivity index (χ0) is 14.2. The van der Waals surface area contributed by atoms with Crippen molar-refractivity contribution in [2.24, 2.45) is 11.3 Å². The highest BCUT2D eigenvalue weighted by Gasteiger charge is 2.48. The van der Waals surface area contributed by atoms with E-state index in [0.29, 0.717) is 5.91 Å². The lowest BCUT2D eigenvalue weighted by Gasteiger charge is -2.17. The Morgan fingerprint density at radius 2 is 1.67 bits per heavy atom. The molecular formula is C16H33NO. The van der Waals surface area contributed by atoms with Crippen LogP contribution in [0.4, 0.5) is 0 Å². The van der Waals surface area contributed by atoms with Gasteiger partial charge in [-0.15, -0.1) is 0 Å². The summed E-state index contributed by atoms with van der Waals surface area (Å²) in [4.78, 5) is 12.0. The molecule has 108 valence electrons. The smallest absolute Gasteiger partial charge is 0.226 e. The van der Waals surface area contributed by atoms with Crippen molar-refractivity contribution in [1.82, 2.24) is 5.32 Å². The maximum absolute atomic E-state index is 12.0. The average Bonchev–Trinajstić information content (AvgIpc) is 3.07. The zero-order valence-electron chi connectivity index (χ0n) is 13.3. The van der Waals surface area contributed by atoms with Gasteiger partial charge in [-0.2, -0.15) is 0 Å². The first-order chi connectivity index (χ1) is 8.46. The summed E-state index contributed by atoms with van der Waals surface area (Å²) in [5, 5.41) is 3.06. The fourth-order valence-corrected chi connectivity index (χ4v) is 2.17. The van der Waals surface area contributed by atoms with E-state index in [1.165, 1.54) is 19.3 Å². The van der Waals surface area contributed by atoms with Gasteiger partial charge in [0.05, 0.1) is 0 Å². The molecule has 2 nitrogen and oxygen atoms in total. The summed E-state index contributed by atoms with van der Waals surface area (Å²) in [6, 6.07) is 0.278. The van der Waals surface area contributed by atoms with Crippen molar-refractivity contribution < 1.29 is 4.79 Å². The summed E-state index contributed by atoms with van der Waals surface area (Å²) in [5.41, 5.74) is 0.0290. The van der Waals surface area contributed by atoms with E-state index in [0.717, 1.165) is 25.2 Å². The van der Waals surface area contributed by atoms with Crippen LogP contribution in [0.15, 0.2) is 0 Å². The molecule has 0 aromatic heterocycles. The Bertz CT molecular complexity index is 229. The number of unbranched alkanes of at least 4 members (excludes halogenated alkanes) is 1. The van der Waals surface area contributed by atoms with Crippen molar-refractivity contribution in [3.8, 4) is 0 Å². The van der Waals surface area contributed by atoms with Crippen LogP contribution in [-0.4, -0.2) is 11.9 Å². The number of carbonyl (C=O) groups is 1. The second-order valence-corrected chi connectivity index (χ2v) is 6.05. The summed E-state index contributed by atoms with van der Waals surface area (Å²) >= 11 is 0. The number of nitrogens with one attached hydrogen (secondary N) is 1. The molecular weight excluding hydrogens is 222 g/mol. The van der Waals surface area contributed by atoms with Crippen molar-refractivity contribution in [2.45, 2.75) is 86.1 Å². The Balaban J connectivity index is 0.00000137. The number of carbonyl (C=O) groups excluding carboxylic acids is 1.